The fourth-order valence-corrected chi connectivity index (χ4v) is 4.06. The number of hydrogen-bond donors (Lipinski definition) is 4. The highest BCUT2D eigenvalue weighted by molar-refractivity contribution is 7.90. The Morgan fingerprint density at radius 2 is 1.59 bits per heavy atom. The quantitative estimate of drug-likeness (QED) is 0.170. The first-order chi connectivity index (χ1) is 20.9. The average Bonchev–Trinajstić information content (AvgIpc) is 2.97. The molecule has 0 aliphatic heterocycles. The van der Waals surface area contributed by atoms with Gasteiger partial charge in [0.25, 0.3) is 11.8 Å². The Morgan fingerprint density at radius 1 is 0.909 bits per heavy atom. The zero-order valence-corrected chi connectivity index (χ0v) is 23.9. The molecule has 2 aromatic carbocycles. The molecule has 3 rings (SSSR count). The van der Waals surface area contributed by atoms with Crippen LogP contribution in [0.25, 0.3) is 0 Å². The summed E-state index contributed by atoms with van der Waals surface area (Å²) in [6.45, 7) is 5.21. The number of benzene rings is 2. The van der Waals surface area contributed by atoms with E-state index in [1.807, 2.05) is 0 Å². The second kappa shape index (κ2) is 15.3. The summed E-state index contributed by atoms with van der Waals surface area (Å²) in [7, 11) is -3.89. The van der Waals surface area contributed by atoms with Crippen molar-refractivity contribution in [2.75, 3.05) is 36.1 Å². The van der Waals surface area contributed by atoms with Gasteiger partial charge < -0.3 is 25.4 Å². The first-order valence-corrected chi connectivity index (χ1v) is 14.3. The summed E-state index contributed by atoms with van der Waals surface area (Å²) in [4.78, 5) is 36.1. The molecular formula is C27H28F3N7O6S. The Kier molecular flexibility index (Phi) is 11.6. The van der Waals surface area contributed by atoms with Crippen LogP contribution in [0.2, 0.25) is 0 Å². The van der Waals surface area contributed by atoms with Crippen LogP contribution in [-0.4, -0.2) is 66.9 Å². The molecule has 17 heteroatoms. The van der Waals surface area contributed by atoms with Crippen LogP contribution in [-0.2, 0) is 21.4 Å². The molecule has 0 saturated heterocycles. The minimum atomic E-state index is -4.62. The molecule has 44 heavy (non-hydrogen) atoms. The van der Waals surface area contributed by atoms with Crippen LogP contribution < -0.4 is 30.1 Å². The van der Waals surface area contributed by atoms with Gasteiger partial charge in [0.15, 0.2) is 6.61 Å². The first kappa shape index (κ1) is 33.3. The van der Waals surface area contributed by atoms with E-state index in [9.17, 15) is 31.2 Å². The minimum Gasteiger partial charge on any atom is -0.490 e. The molecule has 2 amide bonds. The number of alkyl halides is 3. The molecule has 0 spiro atoms. The Balaban J connectivity index is 1.66. The van der Waals surface area contributed by atoms with Crippen molar-refractivity contribution in [3.63, 3.8) is 0 Å². The Bertz CT molecular complexity index is 1570. The fourth-order valence-electron chi connectivity index (χ4n) is 3.25. The molecule has 3 aromatic rings. The predicted molar refractivity (Wildman–Crippen MR) is 155 cm³/mol. The number of halogens is 3. The Morgan fingerprint density at radius 3 is 2.23 bits per heavy atom. The van der Waals surface area contributed by atoms with Crippen LogP contribution in [0.4, 0.5) is 30.8 Å². The highest BCUT2D eigenvalue weighted by Gasteiger charge is 2.29. The van der Waals surface area contributed by atoms with Crippen molar-refractivity contribution >= 4 is 39.4 Å². The lowest BCUT2D eigenvalue weighted by Crippen LogP contribution is -2.40. The summed E-state index contributed by atoms with van der Waals surface area (Å²) in [5, 5.41) is 8.00. The maximum Gasteiger partial charge on any atom is 0.422 e. The lowest BCUT2D eigenvalue weighted by atomic mass is 10.2. The number of nitrogens with zero attached hydrogens (tertiary/aromatic N) is 3. The summed E-state index contributed by atoms with van der Waals surface area (Å²) in [6.07, 6.45) is -1.91. The largest absolute Gasteiger partial charge is 0.490 e. The second-order valence-corrected chi connectivity index (χ2v) is 10.5. The lowest BCUT2D eigenvalue weighted by Gasteiger charge is -2.12. The fraction of sp³-hybridized carbons (Fsp3) is 0.222. The normalized spacial score (nSPS) is 11.2. The van der Waals surface area contributed by atoms with Crippen molar-refractivity contribution in [2.24, 2.45) is 0 Å². The van der Waals surface area contributed by atoms with E-state index < -0.39 is 52.9 Å². The van der Waals surface area contributed by atoms with Crippen molar-refractivity contribution in [1.82, 2.24) is 25.0 Å². The molecule has 0 unspecified atom stereocenters. The lowest BCUT2D eigenvalue weighted by molar-refractivity contribution is -0.154. The number of ether oxygens (including phenoxy) is 2. The highest BCUT2D eigenvalue weighted by atomic mass is 32.2. The van der Waals surface area contributed by atoms with Gasteiger partial charge in [-0.1, -0.05) is 30.9 Å². The molecule has 0 radical (unpaired) electrons. The van der Waals surface area contributed by atoms with Gasteiger partial charge in [0, 0.05) is 17.8 Å². The van der Waals surface area contributed by atoms with Crippen molar-refractivity contribution in [3.05, 3.63) is 85.0 Å². The molecule has 0 saturated carbocycles. The van der Waals surface area contributed by atoms with Gasteiger partial charge in [-0.25, -0.2) is 8.42 Å². The third-order valence-electron chi connectivity index (χ3n) is 5.14. The molecule has 0 bridgehead atoms. The van der Waals surface area contributed by atoms with Crippen LogP contribution in [0.3, 0.4) is 0 Å². The van der Waals surface area contributed by atoms with Crippen LogP contribution in [0.5, 0.6) is 11.8 Å². The van der Waals surface area contributed by atoms with Gasteiger partial charge in [0.2, 0.25) is 21.9 Å². The van der Waals surface area contributed by atoms with E-state index in [4.69, 9.17) is 9.47 Å². The smallest absolute Gasteiger partial charge is 0.422 e. The molecule has 0 aliphatic carbocycles. The third kappa shape index (κ3) is 11.6. The van der Waals surface area contributed by atoms with E-state index in [0.29, 0.717) is 18.0 Å². The molecular weight excluding hydrogens is 607 g/mol. The number of aromatic nitrogens is 3. The Hall–Kier alpha value is -5.19. The molecule has 234 valence electrons. The van der Waals surface area contributed by atoms with E-state index in [2.05, 4.69) is 44.1 Å². The summed E-state index contributed by atoms with van der Waals surface area (Å²) >= 11 is 0. The van der Waals surface area contributed by atoms with E-state index >= 15 is 0 Å². The van der Waals surface area contributed by atoms with E-state index in [-0.39, 0.29) is 24.0 Å². The number of hydrogen-bond acceptors (Lipinski definition) is 11. The van der Waals surface area contributed by atoms with Gasteiger partial charge in [-0.3, -0.25) is 14.3 Å². The van der Waals surface area contributed by atoms with Gasteiger partial charge in [0.1, 0.15) is 12.4 Å². The van der Waals surface area contributed by atoms with Gasteiger partial charge in [-0.15, -0.1) is 6.58 Å². The van der Waals surface area contributed by atoms with Crippen LogP contribution >= 0.6 is 0 Å². The van der Waals surface area contributed by atoms with E-state index in [1.54, 1.807) is 35.1 Å². The van der Waals surface area contributed by atoms with Crippen molar-refractivity contribution in [2.45, 2.75) is 12.7 Å². The monoisotopic (exact) mass is 635 g/mol. The van der Waals surface area contributed by atoms with Crippen LogP contribution in [0, 0.1) is 0 Å². The van der Waals surface area contributed by atoms with Crippen molar-refractivity contribution < 1.29 is 40.7 Å². The second-order valence-electron chi connectivity index (χ2n) is 8.75. The summed E-state index contributed by atoms with van der Waals surface area (Å²) in [6, 6.07) is 12.1. The Labute approximate surface area is 250 Å². The zero-order valence-electron chi connectivity index (χ0n) is 23.1. The predicted octanol–water partition coefficient (Wildman–Crippen LogP) is 3.10. The van der Waals surface area contributed by atoms with E-state index in [0.717, 1.165) is 11.6 Å². The zero-order chi connectivity index (χ0) is 32.2. The number of rotatable bonds is 16. The van der Waals surface area contributed by atoms with Gasteiger partial charge in [-0.2, -0.15) is 28.1 Å². The number of carbonyl (C=O) groups excluding carboxylic acids is 2. The first-order valence-electron chi connectivity index (χ1n) is 12.7. The number of nitrogens with one attached hydrogen (secondary N) is 4. The number of carbonyl (C=O) groups is 2. The molecule has 1 aromatic heterocycles. The van der Waals surface area contributed by atoms with Crippen molar-refractivity contribution in [3.8, 4) is 11.8 Å². The van der Waals surface area contributed by atoms with Gasteiger partial charge in [0.05, 0.1) is 12.3 Å². The number of sulfonamides is 1. The summed E-state index contributed by atoms with van der Waals surface area (Å²) in [5.41, 5.74) is 1.28. The number of amides is 2. The molecule has 4 N–H and O–H groups in total. The third-order valence-corrected chi connectivity index (χ3v) is 6.35. The molecule has 13 nitrogen and oxygen atoms in total. The molecule has 1 heterocycles. The van der Waals surface area contributed by atoms with E-state index in [1.165, 1.54) is 24.3 Å². The minimum absolute atomic E-state index is 0.0731. The molecule has 0 atom stereocenters. The average molecular weight is 636 g/mol. The maximum atomic E-state index is 12.7. The SMILES string of the molecule is C=CCOc1ccc(CNc2nc(Nc3ccc(C(=O)NCC(=O)NS(=O)(=O)CC=C)cc3)nc(OCC(F)(F)F)n2)cc1. The molecule has 0 fully saturated rings. The van der Waals surface area contributed by atoms with Gasteiger partial charge in [-0.05, 0) is 42.0 Å². The highest BCUT2D eigenvalue weighted by Crippen LogP contribution is 2.21. The number of anilines is 3. The van der Waals surface area contributed by atoms with Gasteiger partial charge >= 0.3 is 12.2 Å². The van der Waals surface area contributed by atoms with Crippen molar-refractivity contribution in [1.29, 1.82) is 0 Å². The summed E-state index contributed by atoms with van der Waals surface area (Å²) in [5.74, 6) is -1.65. The van der Waals surface area contributed by atoms with Crippen LogP contribution in [0.15, 0.2) is 73.8 Å². The van der Waals surface area contributed by atoms with Crippen LogP contribution in [0.1, 0.15) is 15.9 Å². The maximum absolute atomic E-state index is 12.7. The summed E-state index contributed by atoms with van der Waals surface area (Å²) < 4.78 is 73.4. The molecule has 0 aliphatic rings. The topological polar surface area (TPSA) is 174 Å². The standard InChI is InChI=1S/C27H28F3N7O6S/c1-3-13-42-21-11-5-18(6-12-21)15-32-24-34-25(36-26(35-24)43-17-27(28,29)30)33-20-9-7-19(8-10-20)23(39)31-16-22(38)37-44(40,41)14-4-2/h3-12H,1-2,13-17H2,(H,31,39)(H,37,38)(H2,32,33,34,35,36).